The molecule has 1 aromatic carbocycles. The van der Waals surface area contributed by atoms with Gasteiger partial charge in [-0.1, -0.05) is 41.9 Å². The number of nitrogens with zero attached hydrogens (tertiary/aromatic N) is 3. The van der Waals surface area contributed by atoms with E-state index in [0.717, 1.165) is 5.56 Å². The molecule has 0 fully saturated rings. The standard InChI is InChI=1S/C12H11ClN4O/c13-11-10(12(14)16-7-15-11)17(8-18)6-9-4-2-1-3-5-9/h1-5,7-8H,6H2,(H2,14,15,16). The highest BCUT2D eigenvalue weighted by Crippen LogP contribution is 2.28. The van der Waals surface area contributed by atoms with Crippen molar-refractivity contribution in [3.8, 4) is 0 Å². The molecule has 92 valence electrons. The predicted molar refractivity (Wildman–Crippen MR) is 70.1 cm³/mol. The van der Waals surface area contributed by atoms with E-state index in [-0.39, 0.29) is 11.0 Å². The van der Waals surface area contributed by atoms with Crippen LogP contribution in [0.3, 0.4) is 0 Å². The van der Waals surface area contributed by atoms with E-state index < -0.39 is 0 Å². The Bertz CT molecular complexity index is 527. The molecule has 1 heterocycles. The fourth-order valence-electron chi connectivity index (χ4n) is 1.58. The zero-order valence-corrected chi connectivity index (χ0v) is 10.2. The molecule has 5 nitrogen and oxygen atoms in total. The van der Waals surface area contributed by atoms with Gasteiger partial charge in [-0.15, -0.1) is 0 Å². The second-order valence-electron chi connectivity index (χ2n) is 3.62. The van der Waals surface area contributed by atoms with Crippen LogP contribution in [0.5, 0.6) is 0 Å². The Morgan fingerprint density at radius 2 is 2.00 bits per heavy atom. The number of halogens is 1. The van der Waals surface area contributed by atoms with E-state index in [9.17, 15) is 4.79 Å². The first kappa shape index (κ1) is 12.3. The summed E-state index contributed by atoms with van der Waals surface area (Å²) < 4.78 is 0. The average Bonchev–Trinajstić information content (AvgIpc) is 2.38. The Labute approximate surface area is 109 Å². The van der Waals surface area contributed by atoms with Crippen molar-refractivity contribution in [2.24, 2.45) is 0 Å². The minimum atomic E-state index is 0.158. The van der Waals surface area contributed by atoms with Crippen molar-refractivity contribution in [1.29, 1.82) is 0 Å². The zero-order chi connectivity index (χ0) is 13.0. The van der Waals surface area contributed by atoms with Crippen LogP contribution in [0.15, 0.2) is 36.7 Å². The van der Waals surface area contributed by atoms with Crippen LogP contribution in [0.1, 0.15) is 5.56 Å². The molecule has 6 heteroatoms. The van der Waals surface area contributed by atoms with E-state index >= 15 is 0 Å². The Balaban J connectivity index is 2.32. The van der Waals surface area contributed by atoms with Crippen LogP contribution in [0.2, 0.25) is 5.15 Å². The quantitative estimate of drug-likeness (QED) is 0.674. The minimum Gasteiger partial charge on any atom is -0.382 e. The second kappa shape index (κ2) is 5.46. The Kier molecular flexibility index (Phi) is 3.74. The monoisotopic (exact) mass is 262 g/mol. The third-order valence-electron chi connectivity index (χ3n) is 2.42. The summed E-state index contributed by atoms with van der Waals surface area (Å²) in [7, 11) is 0. The van der Waals surface area contributed by atoms with Crippen LogP contribution in [0.25, 0.3) is 0 Å². The lowest BCUT2D eigenvalue weighted by Crippen LogP contribution is -2.22. The molecule has 1 aromatic heterocycles. The molecular formula is C12H11ClN4O. The molecule has 0 aliphatic heterocycles. The molecule has 0 spiro atoms. The fraction of sp³-hybridized carbons (Fsp3) is 0.0833. The molecule has 0 atom stereocenters. The largest absolute Gasteiger partial charge is 0.382 e. The normalized spacial score (nSPS) is 10.1. The summed E-state index contributed by atoms with van der Waals surface area (Å²) >= 11 is 5.94. The smallest absolute Gasteiger partial charge is 0.214 e. The van der Waals surface area contributed by atoms with Gasteiger partial charge < -0.3 is 10.6 Å². The number of nitrogen functional groups attached to an aromatic ring is 1. The van der Waals surface area contributed by atoms with Gasteiger partial charge in [-0.25, -0.2) is 9.97 Å². The topological polar surface area (TPSA) is 72.1 Å². The molecule has 0 bridgehead atoms. The number of hydrogen-bond acceptors (Lipinski definition) is 4. The highest BCUT2D eigenvalue weighted by Gasteiger charge is 2.15. The first-order valence-corrected chi connectivity index (χ1v) is 5.62. The first-order chi connectivity index (χ1) is 8.72. The number of carbonyl (C=O) groups excluding carboxylic acids is 1. The van der Waals surface area contributed by atoms with Gasteiger partial charge in [0.25, 0.3) is 0 Å². The van der Waals surface area contributed by atoms with Crippen LogP contribution in [-0.2, 0) is 11.3 Å². The van der Waals surface area contributed by atoms with Crippen molar-refractivity contribution in [2.45, 2.75) is 6.54 Å². The molecule has 2 aromatic rings. The first-order valence-electron chi connectivity index (χ1n) is 5.24. The summed E-state index contributed by atoms with van der Waals surface area (Å²) in [5.74, 6) is 0.179. The van der Waals surface area contributed by atoms with Gasteiger partial charge in [0.05, 0.1) is 6.54 Å². The Morgan fingerprint density at radius 1 is 1.28 bits per heavy atom. The lowest BCUT2D eigenvalue weighted by atomic mass is 10.2. The minimum absolute atomic E-state index is 0.158. The highest BCUT2D eigenvalue weighted by atomic mass is 35.5. The molecular weight excluding hydrogens is 252 g/mol. The predicted octanol–water partition coefficient (Wildman–Crippen LogP) is 1.88. The number of aromatic nitrogens is 2. The maximum absolute atomic E-state index is 11.2. The summed E-state index contributed by atoms with van der Waals surface area (Å²) in [5, 5.41) is 0.158. The second-order valence-corrected chi connectivity index (χ2v) is 3.98. The average molecular weight is 263 g/mol. The molecule has 0 radical (unpaired) electrons. The maximum Gasteiger partial charge on any atom is 0.214 e. The number of anilines is 2. The SMILES string of the molecule is Nc1ncnc(Cl)c1N(C=O)Cc1ccccc1. The number of rotatable bonds is 4. The molecule has 0 saturated carbocycles. The summed E-state index contributed by atoms with van der Waals surface area (Å²) in [4.78, 5) is 20.2. The molecule has 18 heavy (non-hydrogen) atoms. The van der Waals surface area contributed by atoms with Crippen molar-refractivity contribution >= 4 is 29.5 Å². The van der Waals surface area contributed by atoms with Gasteiger partial charge in [-0.3, -0.25) is 4.79 Å². The lowest BCUT2D eigenvalue weighted by Gasteiger charge is -2.19. The van der Waals surface area contributed by atoms with Crippen LogP contribution in [0.4, 0.5) is 11.5 Å². The highest BCUT2D eigenvalue weighted by molar-refractivity contribution is 6.32. The van der Waals surface area contributed by atoms with E-state index in [0.29, 0.717) is 18.6 Å². The molecule has 2 N–H and O–H groups in total. The maximum atomic E-state index is 11.2. The van der Waals surface area contributed by atoms with Crippen molar-refractivity contribution in [2.75, 3.05) is 10.6 Å². The van der Waals surface area contributed by atoms with E-state index in [4.69, 9.17) is 17.3 Å². The van der Waals surface area contributed by atoms with Gasteiger partial charge in [0.15, 0.2) is 11.0 Å². The molecule has 0 unspecified atom stereocenters. The number of hydrogen-bond donors (Lipinski definition) is 1. The van der Waals surface area contributed by atoms with E-state index in [1.165, 1.54) is 11.2 Å². The van der Waals surface area contributed by atoms with Gasteiger partial charge in [0, 0.05) is 0 Å². The number of carbonyl (C=O) groups is 1. The number of amides is 1. The van der Waals surface area contributed by atoms with Crippen molar-refractivity contribution in [1.82, 2.24) is 9.97 Å². The number of benzene rings is 1. The fourth-order valence-corrected chi connectivity index (χ4v) is 1.83. The lowest BCUT2D eigenvalue weighted by molar-refractivity contribution is -0.107. The summed E-state index contributed by atoms with van der Waals surface area (Å²) in [6.45, 7) is 0.363. The zero-order valence-electron chi connectivity index (χ0n) is 9.45. The molecule has 2 rings (SSSR count). The third kappa shape index (κ3) is 2.57. The summed E-state index contributed by atoms with van der Waals surface area (Å²) in [6.07, 6.45) is 1.92. The molecule has 0 aliphatic rings. The van der Waals surface area contributed by atoms with Crippen LogP contribution in [-0.4, -0.2) is 16.4 Å². The van der Waals surface area contributed by atoms with Gasteiger partial charge in [0.2, 0.25) is 6.41 Å². The van der Waals surface area contributed by atoms with Crippen molar-refractivity contribution < 1.29 is 4.79 Å². The third-order valence-corrected chi connectivity index (χ3v) is 2.69. The van der Waals surface area contributed by atoms with Crippen LogP contribution >= 0.6 is 11.6 Å². The summed E-state index contributed by atoms with van der Waals surface area (Å²) in [5.41, 5.74) is 7.01. The number of nitrogens with two attached hydrogens (primary N) is 1. The van der Waals surface area contributed by atoms with Crippen molar-refractivity contribution in [3.05, 3.63) is 47.4 Å². The van der Waals surface area contributed by atoms with E-state index in [1.54, 1.807) is 0 Å². The molecule has 0 aliphatic carbocycles. The van der Waals surface area contributed by atoms with Gasteiger partial charge in [0.1, 0.15) is 12.0 Å². The van der Waals surface area contributed by atoms with Crippen LogP contribution in [0, 0.1) is 0 Å². The molecule has 1 amide bonds. The Morgan fingerprint density at radius 3 is 2.61 bits per heavy atom. The van der Waals surface area contributed by atoms with Gasteiger partial charge in [-0.05, 0) is 5.56 Å². The van der Waals surface area contributed by atoms with Crippen molar-refractivity contribution in [3.63, 3.8) is 0 Å². The van der Waals surface area contributed by atoms with Gasteiger partial charge in [-0.2, -0.15) is 0 Å². The van der Waals surface area contributed by atoms with E-state index in [2.05, 4.69) is 9.97 Å². The van der Waals surface area contributed by atoms with Crippen LogP contribution < -0.4 is 10.6 Å². The Hall–Kier alpha value is -2.14. The molecule has 0 saturated heterocycles. The van der Waals surface area contributed by atoms with Gasteiger partial charge >= 0.3 is 0 Å². The van der Waals surface area contributed by atoms with E-state index in [1.807, 2.05) is 30.3 Å². The summed E-state index contributed by atoms with van der Waals surface area (Å²) in [6, 6.07) is 9.51.